The Morgan fingerprint density at radius 3 is 2.81 bits per heavy atom. The summed E-state index contributed by atoms with van der Waals surface area (Å²) >= 11 is 0. The van der Waals surface area contributed by atoms with E-state index in [2.05, 4.69) is 24.0 Å². The van der Waals surface area contributed by atoms with Crippen LogP contribution in [0.2, 0.25) is 0 Å². The quantitative estimate of drug-likeness (QED) is 0.844. The van der Waals surface area contributed by atoms with Gasteiger partial charge in [0.1, 0.15) is 0 Å². The first kappa shape index (κ1) is 11.5. The molecule has 0 amide bonds. The fourth-order valence-corrected chi connectivity index (χ4v) is 2.43. The molecule has 1 aliphatic rings. The van der Waals surface area contributed by atoms with Crippen molar-refractivity contribution >= 4 is 5.69 Å². The largest absolute Gasteiger partial charge is 0.388 e. The minimum Gasteiger partial charge on any atom is -0.388 e. The summed E-state index contributed by atoms with van der Waals surface area (Å²) in [6, 6.07) is 8.25. The molecule has 0 bridgehead atoms. The van der Waals surface area contributed by atoms with Crippen LogP contribution in [0.1, 0.15) is 38.4 Å². The monoisotopic (exact) mass is 219 g/mol. The van der Waals surface area contributed by atoms with E-state index >= 15 is 0 Å². The van der Waals surface area contributed by atoms with Gasteiger partial charge in [-0.05, 0) is 24.8 Å². The van der Waals surface area contributed by atoms with Gasteiger partial charge in [0.2, 0.25) is 0 Å². The topological polar surface area (TPSA) is 23.5 Å². The average Bonchev–Trinajstić information content (AvgIpc) is 2.75. The van der Waals surface area contributed by atoms with Crippen LogP contribution < -0.4 is 4.90 Å². The molecule has 88 valence electrons. The first-order chi connectivity index (χ1) is 7.72. The highest BCUT2D eigenvalue weighted by molar-refractivity contribution is 5.55. The van der Waals surface area contributed by atoms with Gasteiger partial charge in [0.25, 0.3) is 0 Å². The van der Waals surface area contributed by atoms with Crippen molar-refractivity contribution in [2.45, 2.75) is 32.8 Å². The van der Waals surface area contributed by atoms with E-state index in [4.69, 9.17) is 0 Å². The van der Waals surface area contributed by atoms with Crippen molar-refractivity contribution in [1.29, 1.82) is 0 Å². The van der Waals surface area contributed by atoms with Crippen molar-refractivity contribution in [2.24, 2.45) is 5.92 Å². The maximum absolute atomic E-state index is 10.0. The minimum absolute atomic E-state index is 0.327. The number of nitrogens with zero attached hydrogens (tertiary/aromatic N) is 1. The molecule has 0 spiro atoms. The smallest absolute Gasteiger partial charge is 0.0807 e. The molecule has 1 aliphatic heterocycles. The molecule has 2 rings (SSSR count). The van der Waals surface area contributed by atoms with Gasteiger partial charge < -0.3 is 10.0 Å². The molecule has 0 saturated carbocycles. The predicted octanol–water partition coefficient (Wildman–Crippen LogP) is 2.98. The summed E-state index contributed by atoms with van der Waals surface area (Å²) in [6.07, 6.45) is 1.71. The molecule has 2 heteroatoms. The molecular weight excluding hydrogens is 198 g/mol. The number of para-hydroxylation sites is 1. The van der Waals surface area contributed by atoms with E-state index in [1.807, 2.05) is 19.1 Å². The number of hydrogen-bond donors (Lipinski definition) is 1. The van der Waals surface area contributed by atoms with Crippen LogP contribution in [0.15, 0.2) is 24.3 Å². The Labute approximate surface area is 97.9 Å². The van der Waals surface area contributed by atoms with Gasteiger partial charge in [-0.2, -0.15) is 0 Å². The van der Waals surface area contributed by atoms with Crippen LogP contribution in [0.5, 0.6) is 0 Å². The molecule has 1 aromatic carbocycles. The zero-order valence-corrected chi connectivity index (χ0v) is 10.2. The standard InChI is InChI=1S/C14H21NO/c1-3-14(16)12-6-4-5-7-13(12)15-9-8-11(2)10-15/h4-7,11,14,16H,3,8-10H2,1-2H3/t11?,14-/m1/s1. The molecule has 1 unspecified atom stereocenters. The summed E-state index contributed by atoms with van der Waals surface area (Å²) in [4.78, 5) is 2.40. The Kier molecular flexibility index (Phi) is 3.49. The zero-order valence-electron chi connectivity index (χ0n) is 10.2. The van der Waals surface area contributed by atoms with Crippen molar-refractivity contribution in [2.75, 3.05) is 18.0 Å². The van der Waals surface area contributed by atoms with Crippen LogP contribution in [0.25, 0.3) is 0 Å². The van der Waals surface area contributed by atoms with Crippen molar-refractivity contribution in [3.8, 4) is 0 Å². The average molecular weight is 219 g/mol. The van der Waals surface area contributed by atoms with Gasteiger partial charge in [-0.25, -0.2) is 0 Å². The Balaban J connectivity index is 2.26. The zero-order chi connectivity index (χ0) is 11.5. The third-order valence-corrected chi connectivity index (χ3v) is 3.45. The van der Waals surface area contributed by atoms with E-state index in [1.54, 1.807) is 0 Å². The number of aliphatic hydroxyl groups excluding tert-OH is 1. The normalized spacial score (nSPS) is 22.4. The van der Waals surface area contributed by atoms with Gasteiger partial charge in [-0.15, -0.1) is 0 Å². The molecule has 0 radical (unpaired) electrons. The number of hydrogen-bond acceptors (Lipinski definition) is 2. The van der Waals surface area contributed by atoms with E-state index in [0.717, 1.165) is 31.0 Å². The highest BCUT2D eigenvalue weighted by Crippen LogP contribution is 2.31. The lowest BCUT2D eigenvalue weighted by atomic mass is 10.0. The van der Waals surface area contributed by atoms with E-state index in [1.165, 1.54) is 12.1 Å². The lowest BCUT2D eigenvalue weighted by molar-refractivity contribution is 0.174. The van der Waals surface area contributed by atoms with E-state index in [9.17, 15) is 5.11 Å². The van der Waals surface area contributed by atoms with Gasteiger partial charge in [-0.3, -0.25) is 0 Å². The van der Waals surface area contributed by atoms with Crippen molar-refractivity contribution in [3.63, 3.8) is 0 Å². The summed E-state index contributed by atoms with van der Waals surface area (Å²) in [5.41, 5.74) is 2.31. The van der Waals surface area contributed by atoms with Crippen molar-refractivity contribution < 1.29 is 5.11 Å². The lowest BCUT2D eigenvalue weighted by Crippen LogP contribution is -2.21. The summed E-state index contributed by atoms with van der Waals surface area (Å²) < 4.78 is 0. The Hall–Kier alpha value is -1.02. The molecule has 0 aliphatic carbocycles. The molecule has 1 N–H and O–H groups in total. The minimum atomic E-state index is -0.327. The molecule has 2 nitrogen and oxygen atoms in total. The number of rotatable bonds is 3. The van der Waals surface area contributed by atoms with Crippen LogP contribution in [0.3, 0.4) is 0 Å². The van der Waals surface area contributed by atoms with Crippen molar-refractivity contribution in [1.82, 2.24) is 0 Å². The molecular formula is C14H21NO. The van der Waals surface area contributed by atoms with E-state index in [0.29, 0.717) is 0 Å². The predicted molar refractivity (Wildman–Crippen MR) is 67.7 cm³/mol. The second kappa shape index (κ2) is 4.88. The van der Waals surface area contributed by atoms with Gasteiger partial charge in [0, 0.05) is 24.3 Å². The Morgan fingerprint density at radius 2 is 2.19 bits per heavy atom. The van der Waals surface area contributed by atoms with Crippen LogP contribution >= 0.6 is 0 Å². The number of aliphatic hydroxyl groups is 1. The highest BCUT2D eigenvalue weighted by atomic mass is 16.3. The van der Waals surface area contributed by atoms with Crippen LogP contribution in [0.4, 0.5) is 5.69 Å². The fraction of sp³-hybridized carbons (Fsp3) is 0.571. The van der Waals surface area contributed by atoms with Gasteiger partial charge in [-0.1, -0.05) is 32.0 Å². The molecule has 1 heterocycles. The third kappa shape index (κ3) is 2.22. The summed E-state index contributed by atoms with van der Waals surface area (Å²) in [5, 5.41) is 10.0. The first-order valence-corrected chi connectivity index (χ1v) is 6.24. The maximum Gasteiger partial charge on any atom is 0.0807 e. The van der Waals surface area contributed by atoms with Gasteiger partial charge in [0.05, 0.1) is 6.10 Å². The maximum atomic E-state index is 10.0. The van der Waals surface area contributed by atoms with Crippen molar-refractivity contribution in [3.05, 3.63) is 29.8 Å². The second-order valence-electron chi connectivity index (χ2n) is 4.82. The Bertz CT molecular complexity index is 350. The van der Waals surface area contributed by atoms with Gasteiger partial charge in [0.15, 0.2) is 0 Å². The fourth-order valence-electron chi connectivity index (χ4n) is 2.43. The SMILES string of the molecule is CC[C@@H](O)c1ccccc1N1CCC(C)C1. The number of anilines is 1. The second-order valence-corrected chi connectivity index (χ2v) is 4.82. The van der Waals surface area contributed by atoms with Gasteiger partial charge >= 0.3 is 0 Å². The molecule has 2 atom stereocenters. The molecule has 16 heavy (non-hydrogen) atoms. The molecule has 1 fully saturated rings. The molecule has 1 saturated heterocycles. The molecule has 1 aromatic rings. The van der Waals surface area contributed by atoms with Crippen LogP contribution in [-0.4, -0.2) is 18.2 Å². The molecule has 0 aromatic heterocycles. The van der Waals surface area contributed by atoms with Crippen LogP contribution in [0, 0.1) is 5.92 Å². The highest BCUT2D eigenvalue weighted by Gasteiger charge is 2.22. The summed E-state index contributed by atoms with van der Waals surface area (Å²) in [5.74, 6) is 0.770. The summed E-state index contributed by atoms with van der Waals surface area (Å²) in [6.45, 7) is 6.55. The third-order valence-electron chi connectivity index (χ3n) is 3.45. The van der Waals surface area contributed by atoms with E-state index < -0.39 is 0 Å². The van der Waals surface area contributed by atoms with Crippen LogP contribution in [-0.2, 0) is 0 Å². The lowest BCUT2D eigenvalue weighted by Gasteiger charge is -2.23. The van der Waals surface area contributed by atoms with E-state index in [-0.39, 0.29) is 6.10 Å². The summed E-state index contributed by atoms with van der Waals surface area (Å²) in [7, 11) is 0. The first-order valence-electron chi connectivity index (χ1n) is 6.24. The Morgan fingerprint density at radius 1 is 1.44 bits per heavy atom. The number of benzene rings is 1.